The molecule has 1 N–H and O–H groups in total. The lowest BCUT2D eigenvalue weighted by Gasteiger charge is -2.18. The molecule has 0 amide bonds. The first-order valence-corrected chi connectivity index (χ1v) is 8.45. The molecule has 2 heterocycles. The highest BCUT2D eigenvalue weighted by Crippen LogP contribution is 2.32. The van der Waals surface area contributed by atoms with Gasteiger partial charge in [-0.05, 0) is 17.7 Å². The quantitative estimate of drug-likeness (QED) is 0.887. The molecule has 1 aliphatic heterocycles. The molecular weight excluding hydrogens is 320 g/mol. The normalized spacial score (nSPS) is 13.6. The molecule has 0 atom stereocenters. The van der Waals surface area contributed by atoms with Crippen LogP contribution < -0.4 is 18.9 Å². The Morgan fingerprint density at radius 3 is 2.65 bits per heavy atom. The highest BCUT2D eigenvalue weighted by molar-refractivity contribution is 7.89. The van der Waals surface area contributed by atoms with E-state index in [1.807, 2.05) is 0 Å². The number of pyridine rings is 1. The van der Waals surface area contributed by atoms with Gasteiger partial charge < -0.3 is 14.2 Å². The van der Waals surface area contributed by atoms with Crippen molar-refractivity contribution in [1.82, 2.24) is 9.71 Å². The molecule has 122 valence electrons. The van der Waals surface area contributed by atoms with Crippen LogP contribution >= 0.6 is 0 Å². The van der Waals surface area contributed by atoms with Crippen LogP contribution in [0.15, 0.2) is 41.4 Å². The molecule has 0 saturated heterocycles. The molecule has 1 aromatic heterocycles. The van der Waals surface area contributed by atoms with E-state index in [1.165, 1.54) is 19.2 Å². The van der Waals surface area contributed by atoms with Gasteiger partial charge in [-0.1, -0.05) is 6.07 Å². The molecule has 0 spiro atoms. The largest absolute Gasteiger partial charge is 0.486 e. The Labute approximate surface area is 134 Å². The summed E-state index contributed by atoms with van der Waals surface area (Å²) >= 11 is 0. The van der Waals surface area contributed by atoms with Gasteiger partial charge in [-0.15, -0.1) is 0 Å². The molecular formula is C15H16N2O5S. The van der Waals surface area contributed by atoms with Crippen LogP contribution in [0, 0.1) is 0 Å². The molecule has 23 heavy (non-hydrogen) atoms. The molecule has 0 aliphatic carbocycles. The van der Waals surface area contributed by atoms with Crippen LogP contribution in [0.2, 0.25) is 0 Å². The number of fused-ring (bicyclic) bond motifs is 1. The van der Waals surface area contributed by atoms with Crippen molar-refractivity contribution < 1.29 is 22.6 Å². The van der Waals surface area contributed by atoms with E-state index < -0.39 is 10.0 Å². The number of benzene rings is 1. The number of methoxy groups -OCH3 is 1. The predicted molar refractivity (Wildman–Crippen MR) is 82.2 cm³/mol. The summed E-state index contributed by atoms with van der Waals surface area (Å²) in [5, 5.41) is 0. The lowest BCUT2D eigenvalue weighted by Crippen LogP contribution is -2.24. The van der Waals surface area contributed by atoms with Gasteiger partial charge >= 0.3 is 0 Å². The molecule has 0 bridgehead atoms. The van der Waals surface area contributed by atoms with E-state index >= 15 is 0 Å². The zero-order valence-corrected chi connectivity index (χ0v) is 13.3. The zero-order valence-electron chi connectivity index (χ0n) is 12.5. The lowest BCUT2D eigenvalue weighted by atomic mass is 10.3. The Bertz CT molecular complexity index is 790. The monoisotopic (exact) mass is 336 g/mol. The topological polar surface area (TPSA) is 86.8 Å². The number of hydrogen-bond acceptors (Lipinski definition) is 6. The lowest BCUT2D eigenvalue weighted by molar-refractivity contribution is 0.171. The number of hydrogen-bond donors (Lipinski definition) is 1. The first-order chi connectivity index (χ1) is 11.1. The summed E-state index contributed by atoms with van der Waals surface area (Å²) in [6, 6.07) is 7.97. The average molecular weight is 336 g/mol. The number of nitrogens with zero attached hydrogens (tertiary/aromatic N) is 1. The molecule has 8 heteroatoms. The maximum atomic E-state index is 12.4. The van der Waals surface area contributed by atoms with Crippen LogP contribution in [0.25, 0.3) is 0 Å². The van der Waals surface area contributed by atoms with Gasteiger partial charge in [-0.2, -0.15) is 0 Å². The van der Waals surface area contributed by atoms with Crippen molar-refractivity contribution in [3.63, 3.8) is 0 Å². The summed E-state index contributed by atoms with van der Waals surface area (Å²) in [5.74, 6) is 1.46. The molecule has 0 unspecified atom stereocenters. The Morgan fingerprint density at radius 2 is 1.96 bits per heavy atom. The number of rotatable bonds is 5. The third-order valence-electron chi connectivity index (χ3n) is 3.30. The second kappa shape index (κ2) is 6.43. The van der Waals surface area contributed by atoms with Crippen LogP contribution in [0.5, 0.6) is 17.4 Å². The fraction of sp³-hybridized carbons (Fsp3) is 0.267. The van der Waals surface area contributed by atoms with Crippen molar-refractivity contribution in [2.45, 2.75) is 11.4 Å². The third-order valence-corrected chi connectivity index (χ3v) is 4.70. The molecule has 1 aromatic carbocycles. The standard InChI is InChI=1S/C15H16N2O5S/c1-20-15-5-2-11(9-16-15)10-17-23(18,19)12-3-4-13-14(8-12)22-7-6-21-13/h2-5,8-9,17H,6-7,10H2,1H3. The second-order valence-electron chi connectivity index (χ2n) is 4.84. The van der Waals surface area contributed by atoms with E-state index in [2.05, 4.69) is 9.71 Å². The van der Waals surface area contributed by atoms with Gasteiger partial charge in [0.25, 0.3) is 0 Å². The van der Waals surface area contributed by atoms with E-state index in [1.54, 1.807) is 24.4 Å². The second-order valence-corrected chi connectivity index (χ2v) is 6.61. The third kappa shape index (κ3) is 3.54. The van der Waals surface area contributed by atoms with Crippen LogP contribution in [0.4, 0.5) is 0 Å². The fourth-order valence-electron chi connectivity index (χ4n) is 2.09. The van der Waals surface area contributed by atoms with Gasteiger partial charge in [-0.25, -0.2) is 18.1 Å². The minimum absolute atomic E-state index is 0.128. The van der Waals surface area contributed by atoms with E-state index in [0.717, 1.165) is 5.56 Å². The first kappa shape index (κ1) is 15.6. The number of aromatic nitrogens is 1. The minimum atomic E-state index is -3.65. The van der Waals surface area contributed by atoms with Crippen LogP contribution in [-0.2, 0) is 16.6 Å². The van der Waals surface area contributed by atoms with Gasteiger partial charge in [0.1, 0.15) is 13.2 Å². The summed E-state index contributed by atoms with van der Waals surface area (Å²) < 4.78 is 43.0. The van der Waals surface area contributed by atoms with E-state index in [0.29, 0.717) is 30.6 Å². The first-order valence-electron chi connectivity index (χ1n) is 6.97. The Hall–Kier alpha value is -2.32. The van der Waals surface area contributed by atoms with Crippen LogP contribution in [0.1, 0.15) is 5.56 Å². The molecule has 0 saturated carbocycles. The smallest absolute Gasteiger partial charge is 0.241 e. The molecule has 0 radical (unpaired) electrons. The molecule has 7 nitrogen and oxygen atoms in total. The maximum Gasteiger partial charge on any atom is 0.241 e. The summed E-state index contributed by atoms with van der Waals surface area (Å²) in [6.07, 6.45) is 1.56. The SMILES string of the molecule is COc1ccc(CNS(=O)(=O)c2ccc3c(c2)OCCO3)cn1. The Balaban J connectivity index is 1.73. The molecule has 1 aliphatic rings. The van der Waals surface area contributed by atoms with E-state index in [9.17, 15) is 8.42 Å². The predicted octanol–water partition coefficient (Wildman–Crippen LogP) is 1.34. The van der Waals surface area contributed by atoms with Gasteiger partial charge in [0.2, 0.25) is 15.9 Å². The minimum Gasteiger partial charge on any atom is -0.486 e. The van der Waals surface area contributed by atoms with Crippen molar-refractivity contribution in [2.75, 3.05) is 20.3 Å². The summed E-state index contributed by atoms with van der Waals surface area (Å²) in [7, 11) is -2.13. The van der Waals surface area contributed by atoms with E-state index in [-0.39, 0.29) is 11.4 Å². The number of ether oxygens (including phenoxy) is 3. The van der Waals surface area contributed by atoms with Crippen molar-refractivity contribution in [1.29, 1.82) is 0 Å². The molecule has 3 rings (SSSR count). The van der Waals surface area contributed by atoms with Gasteiger partial charge in [-0.3, -0.25) is 0 Å². The highest BCUT2D eigenvalue weighted by atomic mass is 32.2. The zero-order chi connectivity index (χ0) is 16.3. The number of nitrogens with one attached hydrogen (secondary N) is 1. The Morgan fingerprint density at radius 1 is 1.17 bits per heavy atom. The van der Waals surface area contributed by atoms with Crippen molar-refractivity contribution in [2.24, 2.45) is 0 Å². The maximum absolute atomic E-state index is 12.4. The summed E-state index contributed by atoms with van der Waals surface area (Å²) in [4.78, 5) is 4.16. The van der Waals surface area contributed by atoms with E-state index in [4.69, 9.17) is 14.2 Å². The van der Waals surface area contributed by atoms with Crippen molar-refractivity contribution in [3.05, 3.63) is 42.1 Å². The Kier molecular flexibility index (Phi) is 4.35. The summed E-state index contributed by atoms with van der Waals surface area (Å²) in [6.45, 7) is 0.997. The average Bonchev–Trinajstić information content (AvgIpc) is 2.60. The summed E-state index contributed by atoms with van der Waals surface area (Å²) in [5.41, 5.74) is 0.729. The molecule has 0 fully saturated rings. The van der Waals surface area contributed by atoms with Crippen LogP contribution in [0.3, 0.4) is 0 Å². The van der Waals surface area contributed by atoms with Gasteiger partial charge in [0.15, 0.2) is 11.5 Å². The van der Waals surface area contributed by atoms with Gasteiger partial charge in [0, 0.05) is 24.9 Å². The van der Waals surface area contributed by atoms with Crippen LogP contribution in [-0.4, -0.2) is 33.7 Å². The van der Waals surface area contributed by atoms with Gasteiger partial charge in [0.05, 0.1) is 12.0 Å². The number of sulfonamides is 1. The highest BCUT2D eigenvalue weighted by Gasteiger charge is 2.19. The molecule has 2 aromatic rings. The van der Waals surface area contributed by atoms with Crippen molar-refractivity contribution in [3.8, 4) is 17.4 Å². The van der Waals surface area contributed by atoms with Crippen molar-refractivity contribution >= 4 is 10.0 Å². The fourth-order valence-corrected chi connectivity index (χ4v) is 3.12.